The summed E-state index contributed by atoms with van der Waals surface area (Å²) >= 11 is 0. The maximum absolute atomic E-state index is 10.1. The number of aliphatic hydroxyl groups excluding tert-OH is 3. The Hall–Kier alpha value is -0.460. The van der Waals surface area contributed by atoms with Crippen molar-refractivity contribution in [3.8, 4) is 0 Å². The fourth-order valence-electron chi connectivity index (χ4n) is 3.60. The number of aliphatic hydroxyl groups is 3. The van der Waals surface area contributed by atoms with Crippen molar-refractivity contribution in [2.75, 3.05) is 19.8 Å². The van der Waals surface area contributed by atoms with E-state index < -0.39 is 24.4 Å². The van der Waals surface area contributed by atoms with Gasteiger partial charge in [0, 0.05) is 6.61 Å². The fourth-order valence-corrected chi connectivity index (χ4v) is 3.60. The molecular formula is C23H44O5. The second-order valence-electron chi connectivity index (χ2n) is 8.03. The van der Waals surface area contributed by atoms with Crippen LogP contribution in [-0.4, -0.2) is 59.6 Å². The molecule has 1 aliphatic heterocycles. The average Bonchev–Trinajstić information content (AvgIpc) is 2.70. The molecule has 0 bridgehead atoms. The number of hydrogen-bond acceptors (Lipinski definition) is 5. The Morgan fingerprint density at radius 1 is 0.857 bits per heavy atom. The molecular weight excluding hydrogens is 356 g/mol. The van der Waals surface area contributed by atoms with Gasteiger partial charge in [-0.05, 0) is 25.7 Å². The molecule has 0 aliphatic carbocycles. The number of ether oxygens (including phenoxy) is 2. The highest BCUT2D eigenvalue weighted by atomic mass is 16.6. The summed E-state index contributed by atoms with van der Waals surface area (Å²) in [4.78, 5) is 0. The van der Waals surface area contributed by atoms with Gasteiger partial charge in [0.2, 0.25) is 0 Å². The maximum Gasteiger partial charge on any atom is 0.114 e. The lowest BCUT2D eigenvalue weighted by atomic mass is 10.0. The summed E-state index contributed by atoms with van der Waals surface area (Å²) in [6.07, 6.45) is 17.8. The van der Waals surface area contributed by atoms with Crippen molar-refractivity contribution in [2.45, 2.75) is 115 Å². The van der Waals surface area contributed by atoms with Crippen LogP contribution in [0.3, 0.4) is 0 Å². The maximum atomic E-state index is 10.1. The topological polar surface area (TPSA) is 79.2 Å². The van der Waals surface area contributed by atoms with Gasteiger partial charge in [-0.15, -0.1) is 0 Å². The first-order valence-corrected chi connectivity index (χ1v) is 11.6. The van der Waals surface area contributed by atoms with Crippen LogP contribution >= 0.6 is 0 Å². The van der Waals surface area contributed by atoms with Crippen LogP contribution in [0, 0.1) is 0 Å². The lowest BCUT2D eigenvalue weighted by molar-refractivity contribution is -0.210. The molecule has 5 heteroatoms. The molecule has 0 saturated carbocycles. The van der Waals surface area contributed by atoms with Gasteiger partial charge in [0.15, 0.2) is 0 Å². The standard InChI is InChI=1S/C23H44O5/c1-2-3-4-5-6-7-8-9-10-11-12-13-14-15-16-17-27-23-20(25)19-28-21(18-24)22(23)26/h5-6,20-26H,2-4,7-19H2,1H3/b6-5+/t20-,21+,22+,23+/m0/s1. The molecule has 1 aliphatic rings. The van der Waals surface area contributed by atoms with Gasteiger partial charge in [-0.2, -0.15) is 0 Å². The first-order chi connectivity index (χ1) is 13.7. The van der Waals surface area contributed by atoms with E-state index in [1.807, 2.05) is 0 Å². The van der Waals surface area contributed by atoms with Crippen LogP contribution in [0.1, 0.15) is 90.4 Å². The molecule has 28 heavy (non-hydrogen) atoms. The zero-order chi connectivity index (χ0) is 20.5. The van der Waals surface area contributed by atoms with Gasteiger partial charge in [0.05, 0.1) is 13.2 Å². The van der Waals surface area contributed by atoms with Crippen LogP contribution in [0.15, 0.2) is 12.2 Å². The monoisotopic (exact) mass is 400 g/mol. The van der Waals surface area contributed by atoms with Crippen LogP contribution in [-0.2, 0) is 9.47 Å². The van der Waals surface area contributed by atoms with Crippen molar-refractivity contribution >= 4 is 0 Å². The molecule has 1 heterocycles. The normalized spacial score (nSPS) is 25.6. The van der Waals surface area contributed by atoms with Crippen LogP contribution in [0.4, 0.5) is 0 Å². The van der Waals surface area contributed by atoms with Gasteiger partial charge in [-0.1, -0.05) is 76.9 Å². The van der Waals surface area contributed by atoms with Gasteiger partial charge in [0.25, 0.3) is 0 Å². The molecule has 0 unspecified atom stereocenters. The van der Waals surface area contributed by atoms with Gasteiger partial charge in [-0.25, -0.2) is 0 Å². The summed E-state index contributed by atoms with van der Waals surface area (Å²) in [5, 5.41) is 29.1. The molecule has 1 saturated heterocycles. The summed E-state index contributed by atoms with van der Waals surface area (Å²) in [6, 6.07) is 0. The molecule has 166 valence electrons. The first-order valence-electron chi connectivity index (χ1n) is 11.6. The van der Waals surface area contributed by atoms with E-state index in [9.17, 15) is 10.2 Å². The van der Waals surface area contributed by atoms with E-state index in [1.54, 1.807) is 0 Å². The van der Waals surface area contributed by atoms with Gasteiger partial charge < -0.3 is 24.8 Å². The second-order valence-corrected chi connectivity index (χ2v) is 8.03. The Morgan fingerprint density at radius 2 is 1.43 bits per heavy atom. The van der Waals surface area contributed by atoms with E-state index in [0.717, 1.165) is 12.8 Å². The molecule has 1 fully saturated rings. The third-order valence-corrected chi connectivity index (χ3v) is 5.47. The Bertz CT molecular complexity index is 374. The molecule has 0 aromatic carbocycles. The van der Waals surface area contributed by atoms with Crippen LogP contribution in [0.2, 0.25) is 0 Å². The van der Waals surface area contributed by atoms with Crippen molar-refractivity contribution in [2.24, 2.45) is 0 Å². The molecule has 0 radical (unpaired) electrons. The lowest BCUT2D eigenvalue weighted by Crippen LogP contribution is -2.55. The summed E-state index contributed by atoms with van der Waals surface area (Å²) in [5.74, 6) is 0. The van der Waals surface area contributed by atoms with Gasteiger partial charge in [-0.3, -0.25) is 0 Å². The molecule has 3 N–H and O–H groups in total. The SMILES string of the molecule is CCCC/C=C/CCCCCCCCCCCO[C@H]1[C@H](O)[C@@H](CO)OC[C@@H]1O. The smallest absolute Gasteiger partial charge is 0.114 e. The van der Waals surface area contributed by atoms with Crippen LogP contribution < -0.4 is 0 Å². The number of hydrogen-bond donors (Lipinski definition) is 3. The highest BCUT2D eigenvalue weighted by Crippen LogP contribution is 2.19. The van der Waals surface area contributed by atoms with Crippen molar-refractivity contribution in [3.05, 3.63) is 12.2 Å². The number of unbranched alkanes of at least 4 members (excludes halogenated alkanes) is 11. The summed E-state index contributed by atoms with van der Waals surface area (Å²) < 4.78 is 10.8. The third kappa shape index (κ3) is 11.5. The fraction of sp³-hybridized carbons (Fsp3) is 0.913. The summed E-state index contributed by atoms with van der Waals surface area (Å²) in [5.41, 5.74) is 0. The van der Waals surface area contributed by atoms with Crippen LogP contribution in [0.25, 0.3) is 0 Å². The third-order valence-electron chi connectivity index (χ3n) is 5.47. The highest BCUT2D eigenvalue weighted by Gasteiger charge is 2.38. The van der Waals surface area contributed by atoms with Crippen molar-refractivity contribution in [3.63, 3.8) is 0 Å². The van der Waals surface area contributed by atoms with Gasteiger partial charge in [0.1, 0.15) is 24.4 Å². The molecule has 0 spiro atoms. The Labute approximate surface area is 172 Å². The van der Waals surface area contributed by atoms with Crippen molar-refractivity contribution < 1.29 is 24.8 Å². The second kappa shape index (κ2) is 17.4. The van der Waals surface area contributed by atoms with E-state index in [-0.39, 0.29) is 13.2 Å². The van der Waals surface area contributed by atoms with E-state index in [4.69, 9.17) is 14.6 Å². The minimum atomic E-state index is -0.972. The minimum Gasteiger partial charge on any atom is -0.394 e. The van der Waals surface area contributed by atoms with Crippen LogP contribution in [0.5, 0.6) is 0 Å². The molecule has 5 nitrogen and oxygen atoms in total. The quantitative estimate of drug-likeness (QED) is 0.253. The highest BCUT2D eigenvalue weighted by molar-refractivity contribution is 4.87. The number of allylic oxidation sites excluding steroid dienone is 2. The molecule has 0 aromatic heterocycles. The zero-order valence-corrected chi connectivity index (χ0v) is 17.9. The average molecular weight is 401 g/mol. The van der Waals surface area contributed by atoms with E-state index in [2.05, 4.69) is 19.1 Å². The number of rotatable bonds is 17. The van der Waals surface area contributed by atoms with E-state index in [0.29, 0.717) is 6.61 Å². The van der Waals surface area contributed by atoms with Gasteiger partial charge >= 0.3 is 0 Å². The summed E-state index contributed by atoms with van der Waals surface area (Å²) in [6.45, 7) is 2.60. The Balaban J connectivity index is 1.87. The predicted octanol–water partition coefficient (Wildman–Crippen LogP) is 4.13. The molecule has 4 atom stereocenters. The van der Waals surface area contributed by atoms with Crippen molar-refractivity contribution in [1.29, 1.82) is 0 Å². The van der Waals surface area contributed by atoms with Crippen molar-refractivity contribution in [1.82, 2.24) is 0 Å². The molecule has 0 amide bonds. The Morgan fingerprint density at radius 3 is 2.04 bits per heavy atom. The predicted molar refractivity (Wildman–Crippen MR) is 113 cm³/mol. The minimum absolute atomic E-state index is 0.0993. The first kappa shape index (κ1) is 25.6. The lowest BCUT2D eigenvalue weighted by Gasteiger charge is -2.37. The zero-order valence-electron chi connectivity index (χ0n) is 17.9. The molecule has 0 aromatic rings. The summed E-state index contributed by atoms with van der Waals surface area (Å²) in [7, 11) is 0. The van der Waals surface area contributed by atoms with E-state index in [1.165, 1.54) is 70.6 Å². The largest absolute Gasteiger partial charge is 0.394 e. The van der Waals surface area contributed by atoms with E-state index >= 15 is 0 Å². The molecule has 1 rings (SSSR count). The Kier molecular flexibility index (Phi) is 15.9.